The molecule has 0 bridgehead atoms. The minimum absolute atomic E-state index is 0.00603. The third kappa shape index (κ3) is 5.29. The van der Waals surface area contributed by atoms with Crippen LogP contribution in [0.3, 0.4) is 0 Å². The highest BCUT2D eigenvalue weighted by molar-refractivity contribution is 5.98. The summed E-state index contributed by atoms with van der Waals surface area (Å²) in [5.41, 5.74) is 1.83. The average molecular weight is 383 g/mol. The number of pyridine rings is 1. The minimum Gasteiger partial charge on any atom is -0.475 e. The summed E-state index contributed by atoms with van der Waals surface area (Å²) in [6.07, 6.45) is 2.84. The first-order chi connectivity index (χ1) is 13.5. The summed E-state index contributed by atoms with van der Waals surface area (Å²) < 4.78 is 11.1. The molecule has 0 spiro atoms. The Bertz CT molecular complexity index is 832. The summed E-state index contributed by atoms with van der Waals surface area (Å²) in [4.78, 5) is 28.9. The molecule has 148 valence electrons. The molecule has 1 fully saturated rings. The van der Waals surface area contributed by atoms with E-state index in [9.17, 15) is 9.59 Å². The molecule has 0 radical (unpaired) electrons. The van der Waals surface area contributed by atoms with Crippen molar-refractivity contribution in [1.82, 2.24) is 10.3 Å². The predicted octanol–water partition coefficient (Wildman–Crippen LogP) is 2.92. The minimum atomic E-state index is -0.414. The van der Waals surface area contributed by atoms with Gasteiger partial charge in [-0.25, -0.2) is 4.98 Å². The van der Waals surface area contributed by atoms with Crippen molar-refractivity contribution in [3.63, 3.8) is 0 Å². The van der Waals surface area contributed by atoms with Crippen molar-refractivity contribution < 1.29 is 19.1 Å². The van der Waals surface area contributed by atoms with Crippen LogP contribution in [-0.4, -0.2) is 35.6 Å². The molecule has 1 aliphatic rings. The Kier molecular flexibility index (Phi) is 6.60. The fraction of sp³-hybridized carbons (Fsp3) is 0.381. The number of hydrogen-bond acceptors (Lipinski definition) is 5. The van der Waals surface area contributed by atoms with Crippen LogP contribution in [0.2, 0.25) is 0 Å². The van der Waals surface area contributed by atoms with Crippen molar-refractivity contribution in [3.05, 3.63) is 53.7 Å². The van der Waals surface area contributed by atoms with E-state index in [1.54, 1.807) is 36.5 Å². The van der Waals surface area contributed by atoms with Gasteiger partial charge in [-0.15, -0.1) is 0 Å². The second-order valence-electron chi connectivity index (χ2n) is 6.89. The third-order valence-electron chi connectivity index (χ3n) is 4.25. The summed E-state index contributed by atoms with van der Waals surface area (Å²) >= 11 is 0. The quantitative estimate of drug-likeness (QED) is 0.767. The van der Waals surface area contributed by atoms with E-state index >= 15 is 0 Å². The number of ether oxygens (including phenoxy) is 2. The normalized spacial score (nSPS) is 16.0. The first kappa shape index (κ1) is 19.8. The Morgan fingerprint density at radius 2 is 2.14 bits per heavy atom. The molecule has 28 heavy (non-hydrogen) atoms. The summed E-state index contributed by atoms with van der Waals surface area (Å²) in [5.74, 6) is 0.0869. The summed E-state index contributed by atoms with van der Waals surface area (Å²) in [6, 6.07) is 10.5. The fourth-order valence-electron chi connectivity index (χ4n) is 2.91. The number of anilines is 1. The molecule has 1 aliphatic heterocycles. The van der Waals surface area contributed by atoms with Gasteiger partial charge in [0.2, 0.25) is 5.88 Å². The molecule has 1 atom stereocenters. The van der Waals surface area contributed by atoms with Gasteiger partial charge in [-0.1, -0.05) is 12.1 Å². The number of aromatic nitrogens is 1. The molecular formula is C21H25N3O4. The zero-order valence-corrected chi connectivity index (χ0v) is 16.1. The molecule has 1 aromatic carbocycles. The molecule has 2 amide bonds. The van der Waals surface area contributed by atoms with E-state index in [0.717, 1.165) is 18.4 Å². The lowest BCUT2D eigenvalue weighted by molar-refractivity contribution is -0.124. The Balaban J connectivity index is 1.61. The number of rotatable bonds is 7. The predicted molar refractivity (Wildman–Crippen MR) is 105 cm³/mol. The SMILES string of the molecule is CC(C)Oc1ncccc1CNC(=O)c1cccc(NC(=O)C2CCCO2)c1. The molecule has 7 nitrogen and oxygen atoms in total. The van der Waals surface area contributed by atoms with Crippen LogP contribution >= 0.6 is 0 Å². The van der Waals surface area contributed by atoms with Crippen LogP contribution in [0, 0.1) is 0 Å². The highest BCUT2D eigenvalue weighted by atomic mass is 16.5. The van der Waals surface area contributed by atoms with E-state index < -0.39 is 6.10 Å². The monoisotopic (exact) mass is 383 g/mol. The van der Waals surface area contributed by atoms with E-state index in [-0.39, 0.29) is 17.9 Å². The largest absolute Gasteiger partial charge is 0.475 e. The number of nitrogens with one attached hydrogen (secondary N) is 2. The van der Waals surface area contributed by atoms with Gasteiger partial charge in [0.25, 0.3) is 11.8 Å². The second kappa shape index (κ2) is 9.32. The van der Waals surface area contributed by atoms with Crippen molar-refractivity contribution in [2.75, 3.05) is 11.9 Å². The molecule has 0 aliphatic carbocycles. The van der Waals surface area contributed by atoms with Gasteiger partial charge in [0.05, 0.1) is 6.10 Å². The van der Waals surface area contributed by atoms with Crippen molar-refractivity contribution in [2.24, 2.45) is 0 Å². The van der Waals surface area contributed by atoms with Gasteiger partial charge in [-0.05, 0) is 51.0 Å². The van der Waals surface area contributed by atoms with E-state index in [1.165, 1.54) is 0 Å². The smallest absolute Gasteiger partial charge is 0.253 e. The third-order valence-corrected chi connectivity index (χ3v) is 4.25. The zero-order valence-electron chi connectivity index (χ0n) is 16.1. The van der Waals surface area contributed by atoms with Gasteiger partial charge < -0.3 is 20.1 Å². The van der Waals surface area contributed by atoms with Gasteiger partial charge in [0, 0.05) is 36.2 Å². The molecule has 0 saturated carbocycles. The molecule has 2 aromatic rings. The number of benzene rings is 1. The number of nitrogens with zero attached hydrogens (tertiary/aromatic N) is 1. The average Bonchev–Trinajstić information content (AvgIpc) is 3.22. The molecule has 2 heterocycles. The Morgan fingerprint density at radius 3 is 2.89 bits per heavy atom. The van der Waals surface area contributed by atoms with Crippen LogP contribution in [0.4, 0.5) is 5.69 Å². The van der Waals surface area contributed by atoms with Crippen molar-refractivity contribution in [2.45, 2.75) is 45.4 Å². The zero-order chi connectivity index (χ0) is 19.9. The molecule has 2 N–H and O–H groups in total. The maximum absolute atomic E-state index is 12.5. The highest BCUT2D eigenvalue weighted by Gasteiger charge is 2.23. The van der Waals surface area contributed by atoms with Crippen LogP contribution in [0.1, 0.15) is 42.6 Å². The van der Waals surface area contributed by atoms with E-state index in [0.29, 0.717) is 30.3 Å². The number of carbonyl (C=O) groups excluding carboxylic acids is 2. The summed E-state index contributed by atoms with van der Waals surface area (Å²) in [6.45, 7) is 4.75. The van der Waals surface area contributed by atoms with Crippen molar-refractivity contribution in [1.29, 1.82) is 0 Å². The molecular weight excluding hydrogens is 358 g/mol. The molecule has 7 heteroatoms. The van der Waals surface area contributed by atoms with Crippen LogP contribution in [0.15, 0.2) is 42.6 Å². The molecule has 1 unspecified atom stereocenters. The Morgan fingerprint density at radius 1 is 1.29 bits per heavy atom. The van der Waals surface area contributed by atoms with E-state index in [2.05, 4.69) is 15.6 Å². The lowest BCUT2D eigenvalue weighted by atomic mass is 10.1. The van der Waals surface area contributed by atoms with Gasteiger partial charge in [0.1, 0.15) is 6.10 Å². The number of hydrogen-bond donors (Lipinski definition) is 2. The van der Waals surface area contributed by atoms with Crippen LogP contribution in [-0.2, 0) is 16.1 Å². The van der Waals surface area contributed by atoms with Gasteiger partial charge in [-0.3, -0.25) is 9.59 Å². The first-order valence-electron chi connectivity index (χ1n) is 9.44. The standard InChI is InChI=1S/C21H25N3O4/c1-14(2)28-21-16(7-4-10-22-21)13-23-19(25)15-6-3-8-17(12-15)24-20(26)18-9-5-11-27-18/h3-4,6-8,10,12,14,18H,5,9,11,13H2,1-2H3,(H,23,25)(H,24,26). The van der Waals surface area contributed by atoms with Gasteiger partial charge >= 0.3 is 0 Å². The summed E-state index contributed by atoms with van der Waals surface area (Å²) in [7, 11) is 0. The van der Waals surface area contributed by atoms with Gasteiger partial charge in [0.15, 0.2) is 0 Å². The lowest BCUT2D eigenvalue weighted by Crippen LogP contribution is -2.27. The summed E-state index contributed by atoms with van der Waals surface area (Å²) in [5, 5.41) is 5.68. The molecule has 1 saturated heterocycles. The maximum Gasteiger partial charge on any atom is 0.253 e. The Hall–Kier alpha value is -2.93. The topological polar surface area (TPSA) is 89.5 Å². The molecule has 1 aromatic heterocycles. The fourth-order valence-corrected chi connectivity index (χ4v) is 2.91. The van der Waals surface area contributed by atoms with Crippen molar-refractivity contribution in [3.8, 4) is 5.88 Å². The van der Waals surface area contributed by atoms with Gasteiger partial charge in [-0.2, -0.15) is 0 Å². The number of carbonyl (C=O) groups is 2. The second-order valence-corrected chi connectivity index (χ2v) is 6.89. The lowest BCUT2D eigenvalue weighted by Gasteiger charge is -2.14. The van der Waals surface area contributed by atoms with Crippen LogP contribution in [0.25, 0.3) is 0 Å². The van der Waals surface area contributed by atoms with Crippen molar-refractivity contribution >= 4 is 17.5 Å². The Labute approximate surface area is 164 Å². The van der Waals surface area contributed by atoms with Crippen LogP contribution < -0.4 is 15.4 Å². The van der Waals surface area contributed by atoms with E-state index in [1.807, 2.05) is 19.9 Å². The maximum atomic E-state index is 12.5. The highest BCUT2D eigenvalue weighted by Crippen LogP contribution is 2.18. The first-order valence-corrected chi connectivity index (χ1v) is 9.44. The van der Waals surface area contributed by atoms with E-state index in [4.69, 9.17) is 9.47 Å². The molecule has 3 rings (SSSR count). The number of amides is 2. The van der Waals surface area contributed by atoms with Crippen LogP contribution in [0.5, 0.6) is 5.88 Å².